The molecule has 1 aromatic rings. The first-order chi connectivity index (χ1) is 10.1. The molecular formula is C18H29BrN2. The lowest BCUT2D eigenvalue weighted by molar-refractivity contribution is 0.107. The van der Waals surface area contributed by atoms with E-state index in [1.54, 1.807) is 0 Å². The first-order valence-corrected chi connectivity index (χ1v) is 9.15. The van der Waals surface area contributed by atoms with Crippen LogP contribution in [0.2, 0.25) is 0 Å². The lowest BCUT2D eigenvalue weighted by atomic mass is 9.89. The molecule has 1 aromatic carbocycles. The third-order valence-corrected chi connectivity index (χ3v) is 5.23. The molecule has 2 N–H and O–H groups in total. The van der Waals surface area contributed by atoms with Crippen LogP contribution in [0.3, 0.4) is 0 Å². The topological polar surface area (TPSA) is 29.3 Å². The molecular weight excluding hydrogens is 324 g/mol. The van der Waals surface area contributed by atoms with Crippen molar-refractivity contribution in [2.45, 2.75) is 70.5 Å². The van der Waals surface area contributed by atoms with Crippen molar-refractivity contribution >= 4 is 15.9 Å². The lowest BCUT2D eigenvalue weighted by Gasteiger charge is -2.40. The Morgan fingerprint density at radius 3 is 2.38 bits per heavy atom. The van der Waals surface area contributed by atoms with E-state index in [4.69, 9.17) is 5.73 Å². The summed E-state index contributed by atoms with van der Waals surface area (Å²) in [5.41, 5.74) is 7.49. The summed E-state index contributed by atoms with van der Waals surface area (Å²) in [6.07, 6.45) is 7.28. The summed E-state index contributed by atoms with van der Waals surface area (Å²) < 4.78 is 1.16. The summed E-state index contributed by atoms with van der Waals surface area (Å²) in [5.74, 6) is 0. The van der Waals surface area contributed by atoms with E-state index in [0.717, 1.165) is 16.9 Å². The molecule has 118 valence electrons. The summed E-state index contributed by atoms with van der Waals surface area (Å²) in [6.45, 7) is 5.87. The number of rotatable bonds is 6. The van der Waals surface area contributed by atoms with Crippen LogP contribution in [0, 0.1) is 0 Å². The van der Waals surface area contributed by atoms with Crippen molar-refractivity contribution in [1.82, 2.24) is 4.90 Å². The summed E-state index contributed by atoms with van der Waals surface area (Å²) in [7, 11) is 0. The number of hydrogen-bond acceptors (Lipinski definition) is 2. The van der Waals surface area contributed by atoms with E-state index in [1.807, 2.05) is 0 Å². The molecule has 0 spiro atoms. The zero-order valence-electron chi connectivity index (χ0n) is 13.4. The minimum absolute atomic E-state index is 0.437. The van der Waals surface area contributed by atoms with Gasteiger partial charge in [-0.3, -0.25) is 4.90 Å². The molecule has 1 aliphatic carbocycles. The second kappa shape index (κ2) is 8.30. The average Bonchev–Trinajstić information content (AvgIpc) is 2.48. The molecule has 0 amide bonds. The third kappa shape index (κ3) is 5.08. The van der Waals surface area contributed by atoms with Crippen molar-refractivity contribution in [2.75, 3.05) is 6.54 Å². The number of nitrogens with two attached hydrogens (primary N) is 1. The Morgan fingerprint density at radius 1 is 1.19 bits per heavy atom. The molecule has 1 fully saturated rings. The maximum atomic E-state index is 6.06. The maximum Gasteiger partial charge on any atom is 0.0175 e. The molecule has 1 aliphatic rings. The van der Waals surface area contributed by atoms with Gasteiger partial charge < -0.3 is 5.73 Å². The molecule has 0 aliphatic heterocycles. The molecule has 1 unspecified atom stereocenters. The maximum absolute atomic E-state index is 6.06. The van der Waals surface area contributed by atoms with E-state index in [9.17, 15) is 0 Å². The zero-order chi connectivity index (χ0) is 15.2. The smallest absolute Gasteiger partial charge is 0.0175 e. The van der Waals surface area contributed by atoms with Gasteiger partial charge in [0, 0.05) is 22.6 Å². The fourth-order valence-corrected chi connectivity index (χ4v) is 3.80. The first kappa shape index (κ1) is 17.0. The molecule has 0 bridgehead atoms. The summed E-state index contributed by atoms with van der Waals surface area (Å²) in [4.78, 5) is 2.73. The predicted octanol–water partition coefficient (Wildman–Crippen LogP) is 4.36. The summed E-state index contributed by atoms with van der Waals surface area (Å²) in [5, 5.41) is 0. The summed E-state index contributed by atoms with van der Waals surface area (Å²) in [6, 6.07) is 10.5. The monoisotopic (exact) mass is 352 g/mol. The van der Waals surface area contributed by atoms with E-state index in [0.29, 0.717) is 12.1 Å². The number of benzene rings is 1. The van der Waals surface area contributed by atoms with Crippen LogP contribution >= 0.6 is 15.9 Å². The van der Waals surface area contributed by atoms with Crippen molar-refractivity contribution in [3.63, 3.8) is 0 Å². The van der Waals surface area contributed by atoms with Crippen molar-refractivity contribution < 1.29 is 0 Å². The Labute approximate surface area is 138 Å². The van der Waals surface area contributed by atoms with Gasteiger partial charge in [0.25, 0.3) is 0 Å². The Balaban J connectivity index is 1.97. The van der Waals surface area contributed by atoms with Crippen LogP contribution in [-0.4, -0.2) is 29.6 Å². The number of nitrogens with zero attached hydrogens (tertiary/aromatic N) is 1. The second-order valence-corrected chi connectivity index (χ2v) is 7.40. The SMILES string of the molecule is CCCN(C(C)Cc1ccc(Br)cc1)C1CCC(N)CC1. The Kier molecular flexibility index (Phi) is 6.72. The molecule has 0 saturated heterocycles. The highest BCUT2D eigenvalue weighted by Crippen LogP contribution is 2.25. The predicted molar refractivity (Wildman–Crippen MR) is 94.5 cm³/mol. The van der Waals surface area contributed by atoms with Gasteiger partial charge in [-0.25, -0.2) is 0 Å². The minimum atomic E-state index is 0.437. The number of hydrogen-bond donors (Lipinski definition) is 1. The molecule has 1 saturated carbocycles. The highest BCUT2D eigenvalue weighted by molar-refractivity contribution is 9.10. The summed E-state index contributed by atoms with van der Waals surface area (Å²) >= 11 is 3.51. The molecule has 1 atom stereocenters. The van der Waals surface area contributed by atoms with E-state index in [-0.39, 0.29) is 0 Å². The van der Waals surface area contributed by atoms with E-state index in [2.05, 4.69) is 58.9 Å². The van der Waals surface area contributed by atoms with Gasteiger partial charge in [0.1, 0.15) is 0 Å². The number of halogens is 1. The van der Waals surface area contributed by atoms with Crippen LogP contribution in [0.1, 0.15) is 51.5 Å². The molecule has 3 heteroatoms. The van der Waals surface area contributed by atoms with Crippen LogP contribution in [0.15, 0.2) is 28.7 Å². The minimum Gasteiger partial charge on any atom is -0.328 e. The van der Waals surface area contributed by atoms with Crippen molar-refractivity contribution in [3.05, 3.63) is 34.3 Å². The van der Waals surface area contributed by atoms with Gasteiger partial charge in [0.15, 0.2) is 0 Å². The van der Waals surface area contributed by atoms with Crippen molar-refractivity contribution in [1.29, 1.82) is 0 Å². The van der Waals surface area contributed by atoms with Gasteiger partial charge in [0.05, 0.1) is 0 Å². The highest BCUT2D eigenvalue weighted by atomic mass is 79.9. The second-order valence-electron chi connectivity index (χ2n) is 6.49. The van der Waals surface area contributed by atoms with Crippen molar-refractivity contribution in [3.8, 4) is 0 Å². The fraction of sp³-hybridized carbons (Fsp3) is 0.667. The molecule has 21 heavy (non-hydrogen) atoms. The van der Waals surface area contributed by atoms with Crippen LogP contribution in [-0.2, 0) is 6.42 Å². The van der Waals surface area contributed by atoms with E-state index >= 15 is 0 Å². The zero-order valence-corrected chi connectivity index (χ0v) is 15.0. The third-order valence-electron chi connectivity index (χ3n) is 4.70. The fourth-order valence-electron chi connectivity index (χ4n) is 3.53. The van der Waals surface area contributed by atoms with E-state index in [1.165, 1.54) is 44.2 Å². The Hall–Kier alpha value is -0.380. The van der Waals surface area contributed by atoms with E-state index < -0.39 is 0 Å². The molecule has 2 rings (SSSR count). The van der Waals surface area contributed by atoms with Gasteiger partial charge in [-0.2, -0.15) is 0 Å². The van der Waals surface area contributed by atoms with Gasteiger partial charge in [-0.1, -0.05) is 35.0 Å². The van der Waals surface area contributed by atoms with Gasteiger partial charge in [-0.05, 0) is 69.7 Å². The highest BCUT2D eigenvalue weighted by Gasteiger charge is 2.26. The van der Waals surface area contributed by atoms with Crippen LogP contribution in [0.4, 0.5) is 0 Å². The largest absolute Gasteiger partial charge is 0.328 e. The quantitative estimate of drug-likeness (QED) is 0.823. The first-order valence-electron chi connectivity index (χ1n) is 8.36. The average molecular weight is 353 g/mol. The Bertz CT molecular complexity index is 410. The van der Waals surface area contributed by atoms with Crippen molar-refractivity contribution in [2.24, 2.45) is 5.73 Å². The van der Waals surface area contributed by atoms with Gasteiger partial charge in [-0.15, -0.1) is 0 Å². The molecule has 2 nitrogen and oxygen atoms in total. The van der Waals surface area contributed by atoms with Crippen LogP contribution in [0.5, 0.6) is 0 Å². The van der Waals surface area contributed by atoms with Gasteiger partial charge in [0.2, 0.25) is 0 Å². The van der Waals surface area contributed by atoms with Crippen LogP contribution < -0.4 is 5.73 Å². The van der Waals surface area contributed by atoms with Gasteiger partial charge >= 0.3 is 0 Å². The Morgan fingerprint density at radius 2 is 1.81 bits per heavy atom. The normalized spacial score (nSPS) is 24.2. The lowest BCUT2D eigenvalue weighted by Crippen LogP contribution is -2.46. The molecule has 0 radical (unpaired) electrons. The molecule has 0 aromatic heterocycles. The van der Waals surface area contributed by atoms with Crippen LogP contribution in [0.25, 0.3) is 0 Å². The molecule has 0 heterocycles. The standard InChI is InChI=1S/C18H29BrN2/c1-3-12-21(18-10-8-17(20)9-11-18)14(2)13-15-4-6-16(19)7-5-15/h4-7,14,17-18H,3,8-13,20H2,1-2H3.